The van der Waals surface area contributed by atoms with Crippen molar-refractivity contribution >= 4 is 28.8 Å². The number of hydrogen-bond donors (Lipinski definition) is 0. The zero-order valence-corrected chi connectivity index (χ0v) is 17.1. The van der Waals surface area contributed by atoms with Gasteiger partial charge in [-0.25, -0.2) is 4.98 Å². The summed E-state index contributed by atoms with van der Waals surface area (Å²) in [5.41, 5.74) is 2.74. The van der Waals surface area contributed by atoms with Gasteiger partial charge in [0.2, 0.25) is 0 Å². The normalized spacial score (nSPS) is 15.8. The molecule has 1 aliphatic heterocycles. The van der Waals surface area contributed by atoms with Gasteiger partial charge in [-0.05, 0) is 53.3 Å². The zero-order chi connectivity index (χ0) is 19.7. The lowest BCUT2D eigenvalue weighted by Crippen LogP contribution is -2.40. The van der Waals surface area contributed by atoms with Crippen LogP contribution in [0.15, 0.2) is 48.0 Å². The molecule has 0 bridgehead atoms. The van der Waals surface area contributed by atoms with Crippen molar-refractivity contribution in [2.75, 3.05) is 20.8 Å². The van der Waals surface area contributed by atoms with Gasteiger partial charge in [0.25, 0.3) is 5.91 Å². The highest BCUT2D eigenvalue weighted by Gasteiger charge is 2.34. The van der Waals surface area contributed by atoms with Crippen molar-refractivity contribution in [3.05, 3.63) is 74.7 Å². The van der Waals surface area contributed by atoms with Gasteiger partial charge < -0.3 is 14.4 Å². The van der Waals surface area contributed by atoms with Gasteiger partial charge in [-0.2, -0.15) is 0 Å². The molecule has 3 aromatic rings. The first kappa shape index (κ1) is 18.8. The van der Waals surface area contributed by atoms with E-state index in [2.05, 4.69) is 11.1 Å². The summed E-state index contributed by atoms with van der Waals surface area (Å²) in [5.74, 6) is 1.29. The van der Waals surface area contributed by atoms with Crippen LogP contribution in [0.1, 0.15) is 32.4 Å². The summed E-state index contributed by atoms with van der Waals surface area (Å²) >= 11 is 7.51. The highest BCUT2D eigenvalue weighted by Crippen LogP contribution is 2.42. The SMILES string of the molecule is COc1cc2c(cc1OC)[C@@H](c1cccs1)N(C(=O)c1ccc(Cl)nc1)CC2. The van der Waals surface area contributed by atoms with Crippen LogP contribution in [0.5, 0.6) is 11.5 Å². The van der Waals surface area contributed by atoms with Crippen LogP contribution < -0.4 is 9.47 Å². The number of nitrogens with zero attached hydrogens (tertiary/aromatic N) is 2. The van der Waals surface area contributed by atoms with E-state index in [1.54, 1.807) is 37.7 Å². The van der Waals surface area contributed by atoms with Crippen LogP contribution in [0.3, 0.4) is 0 Å². The predicted molar refractivity (Wildman–Crippen MR) is 110 cm³/mol. The van der Waals surface area contributed by atoms with Crippen molar-refractivity contribution in [2.45, 2.75) is 12.5 Å². The van der Waals surface area contributed by atoms with E-state index in [4.69, 9.17) is 21.1 Å². The number of carbonyl (C=O) groups excluding carboxylic acids is 1. The maximum absolute atomic E-state index is 13.3. The monoisotopic (exact) mass is 414 g/mol. The molecule has 0 aliphatic carbocycles. The van der Waals surface area contributed by atoms with Gasteiger partial charge in [0.05, 0.1) is 25.8 Å². The summed E-state index contributed by atoms with van der Waals surface area (Å²) in [5, 5.41) is 2.39. The maximum atomic E-state index is 13.3. The van der Waals surface area contributed by atoms with Crippen molar-refractivity contribution in [2.24, 2.45) is 0 Å². The van der Waals surface area contributed by atoms with Crippen molar-refractivity contribution in [1.82, 2.24) is 9.88 Å². The van der Waals surface area contributed by atoms with Crippen LogP contribution in [0.25, 0.3) is 0 Å². The summed E-state index contributed by atoms with van der Waals surface area (Å²) in [7, 11) is 3.25. The fourth-order valence-corrected chi connectivity index (χ4v) is 4.55. The standard InChI is InChI=1S/C21H19ClN2O3S/c1-26-16-10-13-7-8-24(21(25)14-5-6-19(22)23-12-14)20(18-4-3-9-28-18)15(13)11-17(16)27-2/h3-6,9-12,20H,7-8H2,1-2H3/t20-/m0/s1. The summed E-state index contributed by atoms with van der Waals surface area (Å²) < 4.78 is 11.0. The predicted octanol–water partition coefficient (Wildman–Crippen LogP) is 4.60. The lowest BCUT2D eigenvalue weighted by Gasteiger charge is -2.37. The van der Waals surface area contributed by atoms with Crippen molar-refractivity contribution < 1.29 is 14.3 Å². The van der Waals surface area contributed by atoms with Crippen LogP contribution in [0.4, 0.5) is 0 Å². The number of benzene rings is 1. The molecular weight excluding hydrogens is 396 g/mol. The van der Waals surface area contributed by atoms with E-state index in [0.717, 1.165) is 22.4 Å². The molecule has 28 heavy (non-hydrogen) atoms. The molecule has 0 unspecified atom stereocenters. The fourth-order valence-electron chi connectivity index (χ4n) is 3.59. The lowest BCUT2D eigenvalue weighted by molar-refractivity contribution is 0.0696. The quantitative estimate of drug-likeness (QED) is 0.585. The number of hydrogen-bond acceptors (Lipinski definition) is 5. The van der Waals surface area contributed by atoms with E-state index < -0.39 is 0 Å². The molecule has 2 aromatic heterocycles. The Kier molecular flexibility index (Phi) is 5.24. The summed E-state index contributed by atoms with van der Waals surface area (Å²) in [4.78, 5) is 20.4. The minimum Gasteiger partial charge on any atom is -0.493 e. The molecule has 4 rings (SSSR count). The molecule has 0 radical (unpaired) electrons. The smallest absolute Gasteiger partial charge is 0.256 e. The number of amides is 1. The third-order valence-corrected chi connectivity index (χ3v) is 6.07. The van der Waals surface area contributed by atoms with Crippen molar-refractivity contribution in [3.63, 3.8) is 0 Å². The van der Waals surface area contributed by atoms with Gasteiger partial charge in [0, 0.05) is 17.6 Å². The largest absolute Gasteiger partial charge is 0.493 e. The number of methoxy groups -OCH3 is 2. The second kappa shape index (κ2) is 7.81. The highest BCUT2D eigenvalue weighted by molar-refractivity contribution is 7.10. The minimum atomic E-state index is -0.188. The Morgan fingerprint density at radius 2 is 2.00 bits per heavy atom. The molecule has 144 valence electrons. The summed E-state index contributed by atoms with van der Waals surface area (Å²) in [6, 6.07) is 11.2. The molecule has 1 aliphatic rings. The van der Waals surface area contributed by atoms with Crippen LogP contribution in [-0.4, -0.2) is 36.6 Å². The molecule has 0 fully saturated rings. The van der Waals surface area contributed by atoms with Gasteiger partial charge in [0.15, 0.2) is 11.5 Å². The first-order valence-corrected chi connectivity index (χ1v) is 10.1. The lowest BCUT2D eigenvalue weighted by atomic mass is 9.90. The Balaban J connectivity index is 1.81. The summed E-state index contributed by atoms with van der Waals surface area (Å²) in [6.07, 6.45) is 2.27. The third-order valence-electron chi connectivity index (χ3n) is 4.92. The molecule has 1 amide bonds. The van der Waals surface area contributed by atoms with E-state index in [-0.39, 0.29) is 11.9 Å². The van der Waals surface area contributed by atoms with Crippen LogP contribution in [-0.2, 0) is 6.42 Å². The molecular formula is C21H19ClN2O3S. The van der Waals surface area contributed by atoms with Crippen LogP contribution in [0, 0.1) is 0 Å². The first-order valence-electron chi connectivity index (χ1n) is 8.83. The Morgan fingerprint density at radius 3 is 2.64 bits per heavy atom. The average Bonchev–Trinajstić information content (AvgIpc) is 3.26. The zero-order valence-electron chi connectivity index (χ0n) is 15.5. The van der Waals surface area contributed by atoms with E-state index in [1.807, 2.05) is 28.5 Å². The third kappa shape index (κ3) is 3.34. The molecule has 7 heteroatoms. The number of thiophene rings is 1. The Labute approximate surface area is 172 Å². The highest BCUT2D eigenvalue weighted by atomic mass is 35.5. The average molecular weight is 415 g/mol. The molecule has 0 saturated carbocycles. The van der Waals surface area contributed by atoms with E-state index in [0.29, 0.717) is 28.8 Å². The van der Waals surface area contributed by atoms with E-state index in [1.165, 1.54) is 6.20 Å². The van der Waals surface area contributed by atoms with Gasteiger partial charge >= 0.3 is 0 Å². The van der Waals surface area contributed by atoms with E-state index in [9.17, 15) is 4.79 Å². The van der Waals surface area contributed by atoms with Gasteiger partial charge in [-0.15, -0.1) is 11.3 Å². The number of fused-ring (bicyclic) bond motifs is 1. The molecule has 0 spiro atoms. The number of ether oxygens (including phenoxy) is 2. The number of halogens is 1. The minimum absolute atomic E-state index is 0.0667. The van der Waals surface area contributed by atoms with Crippen LogP contribution in [0.2, 0.25) is 5.15 Å². The number of pyridine rings is 1. The number of aromatic nitrogens is 1. The number of rotatable bonds is 4. The second-order valence-electron chi connectivity index (χ2n) is 6.44. The Bertz CT molecular complexity index is 990. The number of carbonyl (C=O) groups is 1. The van der Waals surface area contributed by atoms with Gasteiger partial charge in [-0.3, -0.25) is 4.79 Å². The maximum Gasteiger partial charge on any atom is 0.256 e. The van der Waals surface area contributed by atoms with Gasteiger partial charge in [-0.1, -0.05) is 17.7 Å². The molecule has 1 atom stereocenters. The second-order valence-corrected chi connectivity index (χ2v) is 7.81. The van der Waals surface area contributed by atoms with Crippen LogP contribution >= 0.6 is 22.9 Å². The van der Waals surface area contributed by atoms with Crippen molar-refractivity contribution in [1.29, 1.82) is 0 Å². The molecule has 0 saturated heterocycles. The summed E-state index contributed by atoms with van der Waals surface area (Å²) in [6.45, 7) is 0.604. The van der Waals surface area contributed by atoms with Gasteiger partial charge in [0.1, 0.15) is 5.15 Å². The topological polar surface area (TPSA) is 51.7 Å². The molecule has 0 N–H and O–H groups in total. The molecule has 5 nitrogen and oxygen atoms in total. The fraction of sp³-hybridized carbons (Fsp3) is 0.238. The molecule has 3 heterocycles. The Morgan fingerprint density at radius 1 is 1.21 bits per heavy atom. The van der Waals surface area contributed by atoms with E-state index >= 15 is 0 Å². The Hall–Kier alpha value is -2.57. The molecule has 1 aromatic carbocycles. The first-order chi connectivity index (χ1) is 13.6. The van der Waals surface area contributed by atoms with Crippen molar-refractivity contribution in [3.8, 4) is 11.5 Å².